The predicted molar refractivity (Wildman–Crippen MR) is 125 cm³/mol. The molecule has 2 rings (SSSR count). The van der Waals surface area contributed by atoms with Crippen LogP contribution in [-0.4, -0.2) is 56.3 Å². The lowest BCUT2D eigenvalue weighted by Crippen LogP contribution is -2.55. The van der Waals surface area contributed by atoms with Gasteiger partial charge in [-0.3, -0.25) is 15.0 Å². The molecule has 1 aromatic carbocycles. The third kappa shape index (κ3) is 10.8. The second kappa shape index (κ2) is 14.4. The Hall–Kier alpha value is -1.85. The summed E-state index contributed by atoms with van der Waals surface area (Å²) in [6.45, 7) is 3.71. The molecular formula is C21H31BCl2N2O7. The van der Waals surface area contributed by atoms with Crippen molar-refractivity contribution in [2.45, 2.75) is 64.8 Å². The summed E-state index contributed by atoms with van der Waals surface area (Å²) in [5, 5.41) is 32.6. The number of carboxylic acid groups (broad SMARTS) is 1. The van der Waals surface area contributed by atoms with Crippen molar-refractivity contribution < 1.29 is 34.6 Å². The second-order valence-corrected chi connectivity index (χ2v) is 9.22. The number of hydrazine groups is 1. The van der Waals surface area contributed by atoms with Crippen molar-refractivity contribution in [2.75, 3.05) is 0 Å². The minimum absolute atomic E-state index is 0.00326. The van der Waals surface area contributed by atoms with Gasteiger partial charge in [-0.1, -0.05) is 56.3 Å². The number of nitrogens with one attached hydrogen (secondary N) is 1. The van der Waals surface area contributed by atoms with Gasteiger partial charge in [0.1, 0.15) is 0 Å². The van der Waals surface area contributed by atoms with Crippen molar-refractivity contribution in [1.29, 1.82) is 0 Å². The Bertz CT molecular complexity index is 802. The average molecular weight is 505 g/mol. The normalized spacial score (nSPS) is 14.7. The molecule has 0 radical (unpaired) electrons. The Kier molecular flexibility index (Phi) is 12.8. The third-order valence-corrected chi connectivity index (χ3v) is 5.68. The maximum absolute atomic E-state index is 13.2. The number of halogens is 2. The van der Waals surface area contributed by atoms with Crippen LogP contribution >= 0.6 is 23.2 Å². The summed E-state index contributed by atoms with van der Waals surface area (Å²) in [4.78, 5) is 37.8. The van der Waals surface area contributed by atoms with Crippen LogP contribution in [0.3, 0.4) is 0 Å². The number of rotatable bonds is 7. The predicted octanol–water partition coefficient (Wildman–Crippen LogP) is 2.88. The van der Waals surface area contributed by atoms with Crippen molar-refractivity contribution in [3.05, 3.63) is 33.8 Å². The van der Waals surface area contributed by atoms with Gasteiger partial charge in [0.05, 0.1) is 10.6 Å². The van der Waals surface area contributed by atoms with Crippen LogP contribution in [0.15, 0.2) is 18.2 Å². The van der Waals surface area contributed by atoms with E-state index in [1.807, 2.05) is 13.8 Å². The van der Waals surface area contributed by atoms with Gasteiger partial charge in [0.15, 0.2) is 6.04 Å². The largest absolute Gasteiger partial charge is 0.631 e. The molecule has 0 aliphatic heterocycles. The number of benzene rings is 1. The van der Waals surface area contributed by atoms with Gasteiger partial charge >= 0.3 is 13.3 Å². The molecule has 0 bridgehead atoms. The standard InChI is InChI=1S/C21H28Cl2N2O4.BH3O3/c1-13(2)10-18(21(28)29)25(20(27)16-12-15(22)8-9-17(16)23)24-19(26)11-14-6-4-3-5-7-14;2-1(3)4/h8-9,12-14,18H,3-7,10-11H2,1-2H3,(H,24,26)(H,28,29);2-4H/t18-;/m1./s1. The van der Waals surface area contributed by atoms with E-state index in [9.17, 15) is 19.5 Å². The molecule has 0 spiro atoms. The molecule has 9 nitrogen and oxygen atoms in total. The Morgan fingerprint density at radius 1 is 1.12 bits per heavy atom. The smallest absolute Gasteiger partial charge is 0.480 e. The minimum atomic E-state index is -2.17. The highest BCUT2D eigenvalue weighted by molar-refractivity contribution is 6.35. The van der Waals surface area contributed by atoms with Crippen molar-refractivity contribution in [3.63, 3.8) is 0 Å². The number of hydrogen-bond acceptors (Lipinski definition) is 6. The average Bonchev–Trinajstić information content (AvgIpc) is 2.72. The molecule has 1 aromatic rings. The Morgan fingerprint density at radius 2 is 1.70 bits per heavy atom. The van der Waals surface area contributed by atoms with Gasteiger partial charge in [-0.15, -0.1) is 0 Å². The summed E-state index contributed by atoms with van der Waals surface area (Å²) >= 11 is 12.1. The highest BCUT2D eigenvalue weighted by atomic mass is 35.5. The molecule has 0 unspecified atom stereocenters. The summed E-state index contributed by atoms with van der Waals surface area (Å²) in [5.74, 6) is -2.00. The molecule has 1 fully saturated rings. The van der Waals surface area contributed by atoms with Gasteiger partial charge in [0.25, 0.3) is 5.91 Å². The fraction of sp³-hybridized carbons (Fsp3) is 0.571. The molecule has 1 aliphatic carbocycles. The van der Waals surface area contributed by atoms with E-state index in [1.165, 1.54) is 24.6 Å². The number of hydrogen-bond donors (Lipinski definition) is 5. The van der Waals surface area contributed by atoms with Crippen LogP contribution in [0, 0.1) is 11.8 Å². The molecule has 0 saturated heterocycles. The van der Waals surface area contributed by atoms with E-state index in [0.717, 1.165) is 30.7 Å². The van der Waals surface area contributed by atoms with Crippen molar-refractivity contribution in [1.82, 2.24) is 10.4 Å². The number of amides is 2. The molecule has 1 aliphatic rings. The van der Waals surface area contributed by atoms with Gasteiger partial charge in [-0.25, -0.2) is 9.80 Å². The van der Waals surface area contributed by atoms with E-state index >= 15 is 0 Å². The van der Waals surface area contributed by atoms with E-state index in [1.54, 1.807) is 0 Å². The topological polar surface area (TPSA) is 147 Å². The number of carbonyl (C=O) groups excluding carboxylic acids is 2. The maximum atomic E-state index is 13.2. The SMILES string of the molecule is CC(C)C[C@H](C(=O)O)N(NC(=O)CC1CCCCC1)C(=O)c1cc(Cl)ccc1Cl.OB(O)O. The number of nitrogens with zero attached hydrogens (tertiary/aromatic N) is 1. The number of carbonyl (C=O) groups is 3. The van der Waals surface area contributed by atoms with Crippen LogP contribution in [0.25, 0.3) is 0 Å². The van der Waals surface area contributed by atoms with Crippen LogP contribution in [0.4, 0.5) is 0 Å². The van der Waals surface area contributed by atoms with E-state index < -0.39 is 25.2 Å². The van der Waals surface area contributed by atoms with Crippen LogP contribution in [0.1, 0.15) is 69.2 Å². The van der Waals surface area contributed by atoms with Crippen LogP contribution < -0.4 is 5.43 Å². The molecule has 184 valence electrons. The highest BCUT2D eigenvalue weighted by Crippen LogP contribution is 2.27. The first kappa shape index (κ1) is 29.2. The molecule has 12 heteroatoms. The van der Waals surface area contributed by atoms with E-state index in [0.29, 0.717) is 5.02 Å². The Labute approximate surface area is 203 Å². The van der Waals surface area contributed by atoms with Crippen molar-refractivity contribution >= 4 is 48.3 Å². The first-order chi connectivity index (χ1) is 15.4. The van der Waals surface area contributed by atoms with Crippen LogP contribution in [0.5, 0.6) is 0 Å². The molecule has 0 aromatic heterocycles. The van der Waals surface area contributed by atoms with Gasteiger partial charge in [-0.05, 0) is 49.3 Å². The van der Waals surface area contributed by atoms with Gasteiger partial charge in [0, 0.05) is 11.4 Å². The fourth-order valence-electron chi connectivity index (χ4n) is 3.66. The van der Waals surface area contributed by atoms with Gasteiger partial charge in [0.2, 0.25) is 5.91 Å². The summed E-state index contributed by atoms with van der Waals surface area (Å²) in [6, 6.07) is 3.17. The summed E-state index contributed by atoms with van der Waals surface area (Å²) in [7, 11) is -2.17. The van der Waals surface area contributed by atoms with E-state index in [4.69, 9.17) is 38.3 Å². The molecule has 5 N–H and O–H groups in total. The quantitative estimate of drug-likeness (QED) is 0.283. The van der Waals surface area contributed by atoms with E-state index in [-0.39, 0.29) is 41.2 Å². The van der Waals surface area contributed by atoms with Crippen molar-refractivity contribution in [3.8, 4) is 0 Å². The number of carboxylic acids is 1. The number of aliphatic carboxylic acids is 1. The maximum Gasteiger partial charge on any atom is 0.631 e. The molecule has 1 saturated carbocycles. The highest BCUT2D eigenvalue weighted by Gasteiger charge is 2.34. The molecule has 1 atom stereocenters. The molecular weight excluding hydrogens is 474 g/mol. The zero-order valence-electron chi connectivity index (χ0n) is 18.7. The zero-order chi connectivity index (χ0) is 25.1. The van der Waals surface area contributed by atoms with Crippen molar-refractivity contribution in [2.24, 2.45) is 11.8 Å². The van der Waals surface area contributed by atoms with E-state index in [2.05, 4.69) is 5.43 Å². The first-order valence-corrected chi connectivity index (χ1v) is 11.5. The third-order valence-electron chi connectivity index (χ3n) is 5.11. The minimum Gasteiger partial charge on any atom is -0.480 e. The second-order valence-electron chi connectivity index (χ2n) is 8.37. The van der Waals surface area contributed by atoms with Crippen LogP contribution in [0.2, 0.25) is 10.0 Å². The summed E-state index contributed by atoms with van der Waals surface area (Å²) in [5.41, 5.74) is 2.61. The van der Waals surface area contributed by atoms with Crippen LogP contribution in [-0.2, 0) is 9.59 Å². The lowest BCUT2D eigenvalue weighted by Gasteiger charge is -2.31. The molecule has 0 heterocycles. The lowest BCUT2D eigenvalue weighted by molar-refractivity contribution is -0.145. The summed E-state index contributed by atoms with van der Waals surface area (Å²) < 4.78 is 0. The molecule has 33 heavy (non-hydrogen) atoms. The summed E-state index contributed by atoms with van der Waals surface area (Å²) in [6.07, 6.45) is 5.73. The first-order valence-electron chi connectivity index (χ1n) is 10.8. The van der Waals surface area contributed by atoms with Gasteiger partial charge < -0.3 is 20.2 Å². The monoisotopic (exact) mass is 504 g/mol. The zero-order valence-corrected chi connectivity index (χ0v) is 20.2. The van der Waals surface area contributed by atoms with Gasteiger partial charge in [-0.2, -0.15) is 0 Å². The Balaban J connectivity index is 0.00000125. The molecule has 2 amide bonds. The lowest BCUT2D eigenvalue weighted by atomic mass is 9.87. The Morgan fingerprint density at radius 3 is 2.21 bits per heavy atom. The fourth-order valence-corrected chi connectivity index (χ4v) is 4.03.